The van der Waals surface area contributed by atoms with Gasteiger partial charge in [-0.3, -0.25) is 9.79 Å². The molecule has 8 heteroatoms. The van der Waals surface area contributed by atoms with Gasteiger partial charge in [-0.25, -0.2) is 9.97 Å². The SMILES string of the molecule is CCN=c1ncn(Cc2ccc(OC)c(CC(=O)O)c2)c2nc(C(C)C)[nH]c12. The molecule has 2 heterocycles. The number of aromatic amines is 1. The summed E-state index contributed by atoms with van der Waals surface area (Å²) < 4.78 is 7.22. The first-order valence-corrected chi connectivity index (χ1v) is 9.26. The van der Waals surface area contributed by atoms with Crippen LogP contribution < -0.4 is 10.2 Å². The summed E-state index contributed by atoms with van der Waals surface area (Å²) in [5.74, 6) is 0.800. The number of hydrogen-bond donors (Lipinski definition) is 2. The highest BCUT2D eigenvalue weighted by Crippen LogP contribution is 2.22. The summed E-state index contributed by atoms with van der Waals surface area (Å²) in [5.41, 5.74) is 3.82. The quantitative estimate of drug-likeness (QED) is 0.652. The number of methoxy groups -OCH3 is 1. The molecule has 2 N–H and O–H groups in total. The molecule has 1 aromatic carbocycles. The molecule has 0 amide bonds. The molecular weight excluding hydrogens is 358 g/mol. The fraction of sp³-hybridized carbons (Fsp3) is 0.400. The first-order valence-electron chi connectivity index (χ1n) is 9.26. The molecule has 0 saturated heterocycles. The maximum absolute atomic E-state index is 11.2. The second kappa shape index (κ2) is 8.24. The highest BCUT2D eigenvalue weighted by atomic mass is 16.5. The van der Waals surface area contributed by atoms with E-state index in [2.05, 4.69) is 28.8 Å². The highest BCUT2D eigenvalue weighted by molar-refractivity contribution is 5.72. The number of fused-ring (bicyclic) bond motifs is 1. The number of carboxylic acid groups (broad SMARTS) is 1. The van der Waals surface area contributed by atoms with Crippen molar-refractivity contribution in [1.82, 2.24) is 19.5 Å². The molecule has 0 spiro atoms. The van der Waals surface area contributed by atoms with E-state index in [1.165, 1.54) is 7.11 Å². The minimum atomic E-state index is -0.897. The third-order valence-electron chi connectivity index (χ3n) is 4.41. The maximum atomic E-state index is 11.2. The van der Waals surface area contributed by atoms with Crippen molar-refractivity contribution in [1.29, 1.82) is 0 Å². The lowest BCUT2D eigenvalue weighted by Gasteiger charge is -2.11. The van der Waals surface area contributed by atoms with Crippen LogP contribution in [0.2, 0.25) is 0 Å². The number of aliphatic carboxylic acids is 1. The molecule has 0 aliphatic heterocycles. The maximum Gasteiger partial charge on any atom is 0.307 e. The molecule has 28 heavy (non-hydrogen) atoms. The molecule has 148 valence electrons. The van der Waals surface area contributed by atoms with E-state index in [1.54, 1.807) is 12.4 Å². The van der Waals surface area contributed by atoms with Crippen molar-refractivity contribution in [2.75, 3.05) is 13.7 Å². The summed E-state index contributed by atoms with van der Waals surface area (Å²) in [6.45, 7) is 7.27. The van der Waals surface area contributed by atoms with Crippen LogP contribution in [0.3, 0.4) is 0 Å². The number of benzene rings is 1. The van der Waals surface area contributed by atoms with Crippen molar-refractivity contribution >= 4 is 17.1 Å². The Bertz CT molecular complexity index is 1070. The number of imidazole rings is 1. The zero-order valence-electron chi connectivity index (χ0n) is 16.6. The molecule has 3 rings (SSSR count). The van der Waals surface area contributed by atoms with Crippen LogP contribution in [0, 0.1) is 0 Å². The predicted molar refractivity (Wildman–Crippen MR) is 106 cm³/mol. The van der Waals surface area contributed by atoms with Crippen molar-refractivity contribution in [3.8, 4) is 5.75 Å². The van der Waals surface area contributed by atoms with Crippen LogP contribution in [-0.4, -0.2) is 44.2 Å². The first-order chi connectivity index (χ1) is 13.4. The summed E-state index contributed by atoms with van der Waals surface area (Å²) in [7, 11) is 1.54. The molecular formula is C20H25N5O3. The van der Waals surface area contributed by atoms with E-state index in [0.29, 0.717) is 29.9 Å². The van der Waals surface area contributed by atoms with E-state index in [1.807, 2.05) is 23.6 Å². The molecule has 0 radical (unpaired) electrons. The summed E-state index contributed by atoms with van der Waals surface area (Å²) in [6.07, 6.45) is 1.63. The van der Waals surface area contributed by atoms with Gasteiger partial charge in [0.15, 0.2) is 11.1 Å². The average molecular weight is 383 g/mol. The largest absolute Gasteiger partial charge is 0.496 e. The fourth-order valence-corrected chi connectivity index (χ4v) is 3.08. The van der Waals surface area contributed by atoms with Gasteiger partial charge in [0.2, 0.25) is 0 Å². The van der Waals surface area contributed by atoms with Crippen LogP contribution in [-0.2, 0) is 17.8 Å². The van der Waals surface area contributed by atoms with Gasteiger partial charge in [-0.15, -0.1) is 0 Å². The predicted octanol–water partition coefficient (Wildman–Crippen LogP) is 2.49. The second-order valence-electron chi connectivity index (χ2n) is 6.86. The van der Waals surface area contributed by atoms with Gasteiger partial charge in [0.05, 0.1) is 26.4 Å². The van der Waals surface area contributed by atoms with Crippen molar-refractivity contribution < 1.29 is 14.6 Å². The van der Waals surface area contributed by atoms with E-state index in [-0.39, 0.29) is 12.3 Å². The minimum Gasteiger partial charge on any atom is -0.496 e. The first kappa shape index (κ1) is 19.6. The summed E-state index contributed by atoms with van der Waals surface area (Å²) >= 11 is 0. The Kier molecular flexibility index (Phi) is 5.77. The zero-order chi connectivity index (χ0) is 20.3. The Morgan fingerprint density at radius 2 is 2.18 bits per heavy atom. The molecule has 0 bridgehead atoms. The fourth-order valence-electron chi connectivity index (χ4n) is 3.08. The van der Waals surface area contributed by atoms with Crippen molar-refractivity contribution in [2.45, 2.75) is 39.7 Å². The third kappa shape index (κ3) is 4.05. The van der Waals surface area contributed by atoms with E-state index >= 15 is 0 Å². The topological polar surface area (TPSA) is 105 Å². The second-order valence-corrected chi connectivity index (χ2v) is 6.86. The normalized spacial score (nSPS) is 12.1. The molecule has 0 aliphatic carbocycles. The number of nitrogens with one attached hydrogen (secondary N) is 1. The van der Waals surface area contributed by atoms with E-state index in [4.69, 9.17) is 14.8 Å². The number of hydrogen-bond acceptors (Lipinski definition) is 5. The molecule has 3 aromatic rings. The Hall–Kier alpha value is -3.16. The summed E-state index contributed by atoms with van der Waals surface area (Å²) in [4.78, 5) is 28.2. The average Bonchev–Trinajstić information content (AvgIpc) is 3.10. The van der Waals surface area contributed by atoms with Gasteiger partial charge in [0, 0.05) is 18.0 Å². The van der Waals surface area contributed by atoms with Crippen molar-refractivity contribution in [3.63, 3.8) is 0 Å². The Balaban J connectivity index is 2.06. The summed E-state index contributed by atoms with van der Waals surface area (Å²) in [5, 5.41) is 9.15. The number of nitrogens with zero attached hydrogens (tertiary/aromatic N) is 4. The molecule has 0 fully saturated rings. The Morgan fingerprint density at radius 3 is 2.82 bits per heavy atom. The number of carbonyl (C=O) groups is 1. The summed E-state index contributed by atoms with van der Waals surface area (Å²) in [6, 6.07) is 5.57. The zero-order valence-corrected chi connectivity index (χ0v) is 16.6. The van der Waals surface area contributed by atoms with Crippen LogP contribution in [0.25, 0.3) is 11.2 Å². The van der Waals surface area contributed by atoms with Crippen LogP contribution in [0.15, 0.2) is 29.5 Å². The van der Waals surface area contributed by atoms with E-state index < -0.39 is 5.97 Å². The van der Waals surface area contributed by atoms with Gasteiger partial charge in [-0.05, 0) is 24.6 Å². The number of H-pyrrole nitrogens is 1. The van der Waals surface area contributed by atoms with Crippen molar-refractivity contribution in [2.24, 2.45) is 4.99 Å². The molecule has 0 saturated carbocycles. The lowest BCUT2D eigenvalue weighted by Crippen LogP contribution is -2.15. The van der Waals surface area contributed by atoms with E-state index in [0.717, 1.165) is 22.6 Å². The van der Waals surface area contributed by atoms with Crippen LogP contribution in [0.4, 0.5) is 0 Å². The van der Waals surface area contributed by atoms with Gasteiger partial charge in [0.25, 0.3) is 0 Å². The monoisotopic (exact) mass is 383 g/mol. The minimum absolute atomic E-state index is 0.0937. The van der Waals surface area contributed by atoms with E-state index in [9.17, 15) is 4.79 Å². The van der Waals surface area contributed by atoms with Gasteiger partial charge < -0.3 is 19.4 Å². The lowest BCUT2D eigenvalue weighted by atomic mass is 10.1. The molecule has 2 aromatic heterocycles. The van der Waals surface area contributed by atoms with Crippen LogP contribution >= 0.6 is 0 Å². The Morgan fingerprint density at radius 1 is 1.39 bits per heavy atom. The number of carboxylic acids is 1. The highest BCUT2D eigenvalue weighted by Gasteiger charge is 2.13. The number of ether oxygens (including phenoxy) is 1. The van der Waals surface area contributed by atoms with Crippen LogP contribution in [0.5, 0.6) is 5.75 Å². The van der Waals surface area contributed by atoms with Crippen molar-refractivity contribution in [3.05, 3.63) is 47.0 Å². The standard InChI is InChI=1S/C20H25N5O3/c1-5-21-19-17-20(24-18(23-17)12(2)3)25(11-22-19)10-13-6-7-15(28-4)14(8-13)9-16(26)27/h6-8,11-12H,5,9-10H2,1-4H3,(H,23,24)(H,26,27). The van der Waals surface area contributed by atoms with Gasteiger partial charge in [-0.2, -0.15) is 0 Å². The van der Waals surface area contributed by atoms with Gasteiger partial charge in [0.1, 0.15) is 17.1 Å². The molecule has 0 unspecified atom stereocenters. The van der Waals surface area contributed by atoms with Gasteiger partial charge in [-0.1, -0.05) is 19.9 Å². The third-order valence-corrected chi connectivity index (χ3v) is 4.41. The molecule has 8 nitrogen and oxygen atoms in total. The van der Waals surface area contributed by atoms with Crippen LogP contribution in [0.1, 0.15) is 43.6 Å². The van der Waals surface area contributed by atoms with Gasteiger partial charge >= 0.3 is 5.97 Å². The number of aromatic nitrogens is 4. The number of rotatable bonds is 7. The Labute approximate surface area is 162 Å². The molecule has 0 atom stereocenters. The smallest absolute Gasteiger partial charge is 0.307 e. The lowest BCUT2D eigenvalue weighted by molar-refractivity contribution is -0.136. The molecule has 0 aliphatic rings.